The molecule has 0 aliphatic carbocycles. The Morgan fingerprint density at radius 2 is 1.85 bits per heavy atom. The van der Waals surface area contributed by atoms with Crippen LogP contribution in [0.5, 0.6) is 0 Å². The van der Waals surface area contributed by atoms with Gasteiger partial charge in [0.05, 0.1) is 6.54 Å². The number of amides is 1. The molecular formula is C12H11FN2O3S2. The van der Waals surface area contributed by atoms with Crippen LogP contribution < -0.4 is 10.5 Å². The second-order valence-corrected chi connectivity index (χ2v) is 6.91. The number of carbonyl (C=O) groups excluding carboxylic acids is 1. The van der Waals surface area contributed by atoms with E-state index in [9.17, 15) is 17.6 Å². The van der Waals surface area contributed by atoms with E-state index in [1.54, 1.807) is 6.07 Å². The molecule has 20 heavy (non-hydrogen) atoms. The third kappa shape index (κ3) is 3.62. The van der Waals surface area contributed by atoms with E-state index < -0.39 is 15.8 Å². The summed E-state index contributed by atoms with van der Waals surface area (Å²) in [7, 11) is -3.71. The summed E-state index contributed by atoms with van der Waals surface area (Å²) in [5.41, 5.74) is 0.328. The van der Waals surface area contributed by atoms with Crippen LogP contribution in [0.3, 0.4) is 0 Å². The average molecular weight is 314 g/mol. The van der Waals surface area contributed by atoms with Crippen LogP contribution in [0.15, 0.2) is 40.6 Å². The first-order valence-electron chi connectivity index (χ1n) is 5.51. The molecule has 2 rings (SSSR count). The van der Waals surface area contributed by atoms with E-state index in [0.29, 0.717) is 10.4 Å². The molecule has 1 aromatic carbocycles. The second-order valence-electron chi connectivity index (χ2n) is 3.96. The van der Waals surface area contributed by atoms with Gasteiger partial charge in [0.1, 0.15) is 10.0 Å². The highest BCUT2D eigenvalue weighted by molar-refractivity contribution is 7.91. The Kier molecular flexibility index (Phi) is 4.17. The number of nitrogens with two attached hydrogens (primary N) is 1. The third-order valence-corrected chi connectivity index (χ3v) is 4.97. The van der Waals surface area contributed by atoms with Crippen LogP contribution in [0.1, 0.15) is 15.2 Å². The van der Waals surface area contributed by atoms with Gasteiger partial charge in [0, 0.05) is 10.4 Å². The molecule has 0 atom stereocenters. The molecule has 5 nitrogen and oxygen atoms in total. The molecule has 0 fully saturated rings. The van der Waals surface area contributed by atoms with Crippen molar-refractivity contribution in [2.75, 3.05) is 0 Å². The summed E-state index contributed by atoms with van der Waals surface area (Å²) >= 11 is 0.992. The molecule has 0 bridgehead atoms. The fourth-order valence-electron chi connectivity index (χ4n) is 1.48. The van der Waals surface area contributed by atoms with Crippen molar-refractivity contribution in [3.8, 4) is 0 Å². The molecular weight excluding hydrogens is 303 g/mol. The van der Waals surface area contributed by atoms with Gasteiger partial charge in [-0.1, -0.05) is 0 Å². The second kappa shape index (κ2) is 5.70. The van der Waals surface area contributed by atoms with Gasteiger partial charge in [0.2, 0.25) is 10.0 Å². The highest BCUT2D eigenvalue weighted by Crippen LogP contribution is 2.20. The van der Waals surface area contributed by atoms with E-state index in [0.717, 1.165) is 11.3 Å². The van der Waals surface area contributed by atoms with Gasteiger partial charge in [-0.05, 0) is 36.4 Å². The zero-order chi connectivity index (χ0) is 14.8. The molecule has 0 radical (unpaired) electrons. The average Bonchev–Trinajstić information content (AvgIpc) is 2.85. The van der Waals surface area contributed by atoms with Crippen molar-refractivity contribution >= 4 is 27.3 Å². The van der Waals surface area contributed by atoms with Crippen molar-refractivity contribution < 1.29 is 17.6 Å². The first-order valence-corrected chi connectivity index (χ1v) is 7.88. The molecule has 0 aliphatic rings. The minimum Gasteiger partial charge on any atom is -0.347 e. The quantitative estimate of drug-likeness (QED) is 0.895. The summed E-state index contributed by atoms with van der Waals surface area (Å²) in [5.74, 6) is -0.784. The molecule has 106 valence electrons. The summed E-state index contributed by atoms with van der Waals surface area (Å²) in [6, 6.07) is 8.09. The number of thiophene rings is 1. The van der Waals surface area contributed by atoms with Crippen LogP contribution in [0, 0.1) is 5.82 Å². The summed E-state index contributed by atoms with van der Waals surface area (Å²) in [4.78, 5) is 12.4. The maximum absolute atomic E-state index is 12.7. The molecule has 2 aromatic rings. The normalized spacial score (nSPS) is 11.3. The largest absolute Gasteiger partial charge is 0.347 e. The standard InChI is InChI=1S/C12H11FN2O3S2/c13-9-3-1-8(2-4-9)12(16)15-7-10-5-6-11(19-10)20(14,17)18/h1-6H,7H2,(H,15,16)(H2,14,17,18). The Bertz CT molecular complexity index is 723. The van der Waals surface area contributed by atoms with Gasteiger partial charge in [0.25, 0.3) is 5.91 Å². The molecule has 0 saturated carbocycles. The van der Waals surface area contributed by atoms with E-state index in [1.165, 1.54) is 30.3 Å². The number of halogens is 1. The summed E-state index contributed by atoms with van der Waals surface area (Å²) in [6.07, 6.45) is 0. The van der Waals surface area contributed by atoms with E-state index >= 15 is 0 Å². The summed E-state index contributed by atoms with van der Waals surface area (Å²) in [5, 5.41) is 7.60. The Balaban J connectivity index is 2.00. The highest BCUT2D eigenvalue weighted by Gasteiger charge is 2.12. The van der Waals surface area contributed by atoms with Crippen LogP contribution in [0.25, 0.3) is 0 Å². The molecule has 0 saturated heterocycles. The van der Waals surface area contributed by atoms with E-state index in [-0.39, 0.29) is 16.7 Å². The van der Waals surface area contributed by atoms with Gasteiger partial charge in [-0.2, -0.15) is 0 Å². The van der Waals surface area contributed by atoms with Crippen molar-refractivity contribution in [2.24, 2.45) is 5.14 Å². The van der Waals surface area contributed by atoms with Crippen molar-refractivity contribution in [3.05, 3.63) is 52.7 Å². The van der Waals surface area contributed by atoms with Gasteiger partial charge >= 0.3 is 0 Å². The zero-order valence-electron chi connectivity index (χ0n) is 10.2. The summed E-state index contributed by atoms with van der Waals surface area (Å²) in [6.45, 7) is 0.177. The monoisotopic (exact) mass is 314 g/mol. The first-order chi connectivity index (χ1) is 9.36. The maximum Gasteiger partial charge on any atom is 0.251 e. The number of hydrogen-bond acceptors (Lipinski definition) is 4. The fraction of sp³-hybridized carbons (Fsp3) is 0.0833. The first kappa shape index (κ1) is 14.6. The van der Waals surface area contributed by atoms with Gasteiger partial charge in [-0.15, -0.1) is 11.3 Å². The number of carbonyl (C=O) groups is 1. The van der Waals surface area contributed by atoms with Crippen LogP contribution in [-0.4, -0.2) is 14.3 Å². The Hall–Kier alpha value is -1.77. The van der Waals surface area contributed by atoms with Crippen molar-refractivity contribution in [1.29, 1.82) is 0 Å². The van der Waals surface area contributed by atoms with Crippen molar-refractivity contribution in [2.45, 2.75) is 10.8 Å². The predicted molar refractivity (Wildman–Crippen MR) is 73.3 cm³/mol. The van der Waals surface area contributed by atoms with Gasteiger partial charge in [0.15, 0.2) is 0 Å². The highest BCUT2D eigenvalue weighted by atomic mass is 32.2. The lowest BCUT2D eigenvalue weighted by Gasteiger charge is -2.03. The van der Waals surface area contributed by atoms with E-state index in [1.807, 2.05) is 0 Å². The Morgan fingerprint density at radius 3 is 2.40 bits per heavy atom. The van der Waals surface area contributed by atoms with Crippen LogP contribution in [0.4, 0.5) is 4.39 Å². The van der Waals surface area contributed by atoms with Crippen LogP contribution >= 0.6 is 11.3 Å². The van der Waals surface area contributed by atoms with Gasteiger partial charge in [-0.3, -0.25) is 4.79 Å². The third-order valence-electron chi connectivity index (χ3n) is 2.45. The maximum atomic E-state index is 12.7. The van der Waals surface area contributed by atoms with Gasteiger partial charge < -0.3 is 5.32 Å². The summed E-state index contributed by atoms with van der Waals surface area (Å²) < 4.78 is 35.0. The lowest BCUT2D eigenvalue weighted by atomic mass is 10.2. The fourth-order valence-corrected chi connectivity index (χ4v) is 3.20. The topological polar surface area (TPSA) is 89.3 Å². The number of sulfonamides is 1. The smallest absolute Gasteiger partial charge is 0.251 e. The van der Waals surface area contributed by atoms with Crippen LogP contribution in [0.2, 0.25) is 0 Å². The Morgan fingerprint density at radius 1 is 1.20 bits per heavy atom. The minimum absolute atomic E-state index is 0.0449. The predicted octanol–water partition coefficient (Wildman–Crippen LogP) is 1.46. The molecule has 0 aliphatic heterocycles. The van der Waals surface area contributed by atoms with E-state index in [2.05, 4.69) is 5.32 Å². The number of primary sulfonamides is 1. The number of hydrogen-bond donors (Lipinski definition) is 2. The van der Waals surface area contributed by atoms with Crippen molar-refractivity contribution in [1.82, 2.24) is 5.32 Å². The zero-order valence-corrected chi connectivity index (χ0v) is 11.8. The minimum atomic E-state index is -3.71. The molecule has 1 aromatic heterocycles. The molecule has 3 N–H and O–H groups in total. The number of rotatable bonds is 4. The van der Waals surface area contributed by atoms with Crippen molar-refractivity contribution in [3.63, 3.8) is 0 Å². The number of benzene rings is 1. The SMILES string of the molecule is NS(=O)(=O)c1ccc(CNC(=O)c2ccc(F)cc2)s1. The molecule has 8 heteroatoms. The lowest BCUT2D eigenvalue weighted by molar-refractivity contribution is 0.0951. The van der Waals surface area contributed by atoms with Crippen LogP contribution in [-0.2, 0) is 16.6 Å². The number of nitrogens with one attached hydrogen (secondary N) is 1. The van der Waals surface area contributed by atoms with Gasteiger partial charge in [-0.25, -0.2) is 17.9 Å². The Labute approximate surface area is 119 Å². The molecule has 1 heterocycles. The molecule has 0 spiro atoms. The van der Waals surface area contributed by atoms with E-state index in [4.69, 9.17) is 5.14 Å². The molecule has 0 unspecified atom stereocenters. The molecule has 1 amide bonds. The lowest BCUT2D eigenvalue weighted by Crippen LogP contribution is -2.22.